The highest BCUT2D eigenvalue weighted by Crippen LogP contribution is 2.71. The smallest absolute Gasteiger partial charge is 0.335 e. The third kappa shape index (κ3) is 3.11. The summed E-state index contributed by atoms with van der Waals surface area (Å²) in [6, 6.07) is 10.6. The molecule has 0 spiro atoms. The molecule has 0 radical (unpaired) electrons. The van der Waals surface area contributed by atoms with Gasteiger partial charge < -0.3 is 9.84 Å². The number of nitro groups is 1. The van der Waals surface area contributed by atoms with Crippen LogP contribution in [0.15, 0.2) is 49.1 Å². The van der Waals surface area contributed by atoms with Gasteiger partial charge in [-0.3, -0.25) is 10.1 Å². The SMILES string of the molecule is C=C[C@@]12CCc3cc(OC)ccc3[C@H]1CC[C@@]1(C)[C@H]2CC[C@H]1c1cc([N+](=O)[O-])ccc1C(=O)O. The third-order valence-corrected chi connectivity index (χ3v) is 9.39. The van der Waals surface area contributed by atoms with Crippen LogP contribution in [0.2, 0.25) is 0 Å². The van der Waals surface area contributed by atoms with Crippen LogP contribution in [0.1, 0.15) is 77.9 Å². The van der Waals surface area contributed by atoms with Crippen LogP contribution in [0.25, 0.3) is 0 Å². The van der Waals surface area contributed by atoms with Gasteiger partial charge in [-0.25, -0.2) is 4.79 Å². The van der Waals surface area contributed by atoms with Crippen LogP contribution in [0, 0.1) is 26.9 Å². The van der Waals surface area contributed by atoms with Crippen LogP contribution >= 0.6 is 0 Å². The normalized spacial score (nSPS) is 31.6. The largest absolute Gasteiger partial charge is 0.497 e. The van der Waals surface area contributed by atoms with Crippen molar-refractivity contribution in [2.45, 2.75) is 57.3 Å². The Balaban J connectivity index is 1.58. The van der Waals surface area contributed by atoms with Crippen LogP contribution in [0.4, 0.5) is 5.69 Å². The lowest BCUT2D eigenvalue weighted by molar-refractivity contribution is -0.384. The molecular formula is C28H31NO5. The van der Waals surface area contributed by atoms with Crippen molar-refractivity contribution in [1.29, 1.82) is 0 Å². The number of hydrogen-bond acceptors (Lipinski definition) is 4. The number of non-ortho nitro benzene ring substituents is 1. The monoisotopic (exact) mass is 461 g/mol. The lowest BCUT2D eigenvalue weighted by Gasteiger charge is -2.58. The number of carboxylic acids is 1. The molecule has 0 aliphatic heterocycles. The number of hydrogen-bond donors (Lipinski definition) is 1. The second-order valence-electron chi connectivity index (χ2n) is 10.5. The topological polar surface area (TPSA) is 89.7 Å². The summed E-state index contributed by atoms with van der Waals surface area (Å²) in [6.07, 6.45) is 7.90. The number of aryl methyl sites for hydroxylation is 1. The zero-order valence-corrected chi connectivity index (χ0v) is 19.8. The summed E-state index contributed by atoms with van der Waals surface area (Å²) >= 11 is 0. The van der Waals surface area contributed by atoms with E-state index < -0.39 is 10.9 Å². The van der Waals surface area contributed by atoms with Crippen molar-refractivity contribution in [2.75, 3.05) is 7.11 Å². The predicted octanol–water partition coefficient (Wildman–Crippen LogP) is 6.50. The minimum absolute atomic E-state index is 0.0291. The van der Waals surface area contributed by atoms with E-state index in [-0.39, 0.29) is 28.0 Å². The Morgan fingerprint density at radius 3 is 2.62 bits per heavy atom. The van der Waals surface area contributed by atoms with Gasteiger partial charge in [-0.05, 0) is 102 Å². The molecule has 0 amide bonds. The Bertz CT molecular complexity index is 1190. The molecule has 2 aromatic rings. The molecule has 2 fully saturated rings. The van der Waals surface area contributed by atoms with Crippen molar-refractivity contribution in [3.63, 3.8) is 0 Å². The Kier molecular flexibility index (Phi) is 5.30. The summed E-state index contributed by atoms with van der Waals surface area (Å²) in [4.78, 5) is 23.1. The zero-order valence-electron chi connectivity index (χ0n) is 19.8. The van der Waals surface area contributed by atoms with Crippen LogP contribution in [-0.2, 0) is 6.42 Å². The first-order chi connectivity index (χ1) is 16.2. The average molecular weight is 462 g/mol. The van der Waals surface area contributed by atoms with E-state index in [1.807, 2.05) is 6.07 Å². The van der Waals surface area contributed by atoms with Crippen molar-refractivity contribution in [3.8, 4) is 5.75 Å². The number of fused-ring (bicyclic) bond motifs is 5. The highest BCUT2D eigenvalue weighted by atomic mass is 16.6. The van der Waals surface area contributed by atoms with Crippen LogP contribution < -0.4 is 4.74 Å². The van der Waals surface area contributed by atoms with E-state index in [9.17, 15) is 20.0 Å². The van der Waals surface area contributed by atoms with Gasteiger partial charge in [0.15, 0.2) is 0 Å². The molecule has 0 bridgehead atoms. The summed E-state index contributed by atoms with van der Waals surface area (Å²) in [6.45, 7) is 6.61. The van der Waals surface area contributed by atoms with Crippen LogP contribution in [0.3, 0.4) is 0 Å². The molecule has 0 unspecified atom stereocenters. The molecule has 0 saturated heterocycles. The second kappa shape index (κ2) is 7.97. The van der Waals surface area contributed by atoms with Crippen molar-refractivity contribution < 1.29 is 19.6 Å². The predicted molar refractivity (Wildman–Crippen MR) is 130 cm³/mol. The Hall–Kier alpha value is -3.15. The number of carbonyl (C=O) groups is 1. The third-order valence-electron chi connectivity index (χ3n) is 9.39. The van der Waals surface area contributed by atoms with E-state index in [0.29, 0.717) is 17.4 Å². The summed E-state index contributed by atoms with van der Waals surface area (Å²) in [5, 5.41) is 21.4. The van der Waals surface area contributed by atoms with Crippen molar-refractivity contribution in [1.82, 2.24) is 0 Å². The highest BCUT2D eigenvalue weighted by Gasteiger charge is 2.61. The van der Waals surface area contributed by atoms with Gasteiger partial charge in [-0.15, -0.1) is 6.58 Å². The molecule has 34 heavy (non-hydrogen) atoms. The number of allylic oxidation sites excluding steroid dienone is 1. The maximum Gasteiger partial charge on any atom is 0.335 e. The van der Waals surface area contributed by atoms with Crippen LogP contribution in [-0.4, -0.2) is 23.1 Å². The van der Waals surface area contributed by atoms with E-state index in [0.717, 1.165) is 44.3 Å². The van der Waals surface area contributed by atoms with Crippen LogP contribution in [0.5, 0.6) is 5.75 Å². The zero-order chi connectivity index (χ0) is 24.3. The Labute approximate surface area is 199 Å². The van der Waals surface area contributed by atoms with Crippen molar-refractivity contribution in [2.24, 2.45) is 16.7 Å². The molecule has 3 aliphatic carbocycles. The molecule has 2 aromatic carbocycles. The lowest BCUT2D eigenvalue weighted by Crippen LogP contribution is -2.49. The van der Waals surface area contributed by atoms with Gasteiger partial charge >= 0.3 is 5.97 Å². The van der Waals surface area contributed by atoms with Gasteiger partial charge in [0.2, 0.25) is 0 Å². The molecular weight excluding hydrogens is 430 g/mol. The molecule has 5 atom stereocenters. The van der Waals surface area contributed by atoms with E-state index in [1.165, 1.54) is 29.3 Å². The van der Waals surface area contributed by atoms with Crippen molar-refractivity contribution >= 4 is 11.7 Å². The Morgan fingerprint density at radius 2 is 1.94 bits per heavy atom. The standard InChI is InChI=1S/C28H31NO5/c1-4-28-14-11-17-15-19(34-3)6-8-20(17)24(28)12-13-27(2)23(9-10-25(27)28)22-16-18(29(32)33)5-7-21(22)26(30)31/h4-8,15-16,23-25H,1,9-14H2,2-3H3,(H,30,31)/t23-,24+,25+,27+,28+/m0/s1. The van der Waals surface area contributed by atoms with Gasteiger partial charge in [-0.1, -0.05) is 19.1 Å². The van der Waals surface area contributed by atoms with Gasteiger partial charge in [0.05, 0.1) is 17.6 Å². The first-order valence-electron chi connectivity index (χ1n) is 12.1. The number of aromatic carboxylic acids is 1. The quantitative estimate of drug-likeness (QED) is 0.312. The first-order valence-corrected chi connectivity index (χ1v) is 12.1. The maximum atomic E-state index is 12.1. The Morgan fingerprint density at radius 1 is 1.15 bits per heavy atom. The van der Waals surface area contributed by atoms with Gasteiger partial charge in [0, 0.05) is 12.1 Å². The molecule has 1 N–H and O–H groups in total. The van der Waals surface area contributed by atoms with E-state index in [1.54, 1.807) is 7.11 Å². The van der Waals surface area contributed by atoms with Gasteiger partial charge in [0.25, 0.3) is 5.69 Å². The summed E-state index contributed by atoms with van der Waals surface area (Å²) in [5.41, 5.74) is 3.30. The number of rotatable bonds is 5. The highest BCUT2D eigenvalue weighted by molar-refractivity contribution is 5.90. The van der Waals surface area contributed by atoms with Gasteiger partial charge in [0.1, 0.15) is 5.75 Å². The summed E-state index contributed by atoms with van der Waals surface area (Å²) in [5.74, 6) is 0.555. The molecule has 3 aliphatic rings. The molecule has 6 heteroatoms. The maximum absolute atomic E-state index is 12.1. The molecule has 2 saturated carbocycles. The summed E-state index contributed by atoms with van der Waals surface area (Å²) < 4.78 is 5.46. The number of benzene rings is 2. The molecule has 0 heterocycles. The number of nitro benzene ring substituents is 1. The molecule has 5 rings (SSSR count). The van der Waals surface area contributed by atoms with E-state index in [2.05, 4.69) is 31.7 Å². The first kappa shape index (κ1) is 22.6. The van der Waals surface area contributed by atoms with E-state index >= 15 is 0 Å². The fourth-order valence-electron chi connectivity index (χ4n) is 7.89. The van der Waals surface area contributed by atoms with Gasteiger partial charge in [-0.2, -0.15) is 0 Å². The number of nitrogens with zero attached hydrogens (tertiary/aromatic N) is 1. The second-order valence-corrected chi connectivity index (χ2v) is 10.5. The fourth-order valence-corrected chi connectivity index (χ4v) is 7.89. The number of ether oxygens (including phenoxy) is 1. The molecule has 0 aromatic heterocycles. The number of carboxylic acid groups (broad SMARTS) is 1. The summed E-state index contributed by atoms with van der Waals surface area (Å²) in [7, 11) is 1.70. The number of methoxy groups -OCH3 is 1. The molecule has 178 valence electrons. The molecule has 6 nitrogen and oxygen atoms in total. The minimum atomic E-state index is -1.02. The minimum Gasteiger partial charge on any atom is -0.497 e. The van der Waals surface area contributed by atoms with E-state index in [4.69, 9.17) is 4.74 Å². The lowest BCUT2D eigenvalue weighted by atomic mass is 9.46. The van der Waals surface area contributed by atoms with Crippen molar-refractivity contribution in [3.05, 3.63) is 81.4 Å². The fraction of sp³-hybridized carbons (Fsp3) is 0.464. The average Bonchev–Trinajstić information content (AvgIpc) is 3.20.